The van der Waals surface area contributed by atoms with Crippen molar-refractivity contribution in [3.63, 3.8) is 0 Å². The SMILES string of the molecule is CC(C(=O)OC(C)(C)C)c1ccc(N2Cc3ccccc3C2=O)cc1. The minimum absolute atomic E-state index is 0.0172. The zero-order chi connectivity index (χ0) is 18.2. The van der Waals surface area contributed by atoms with Crippen molar-refractivity contribution in [2.45, 2.75) is 45.8 Å². The molecule has 1 unspecified atom stereocenters. The molecule has 130 valence electrons. The van der Waals surface area contributed by atoms with Crippen LogP contribution in [0.2, 0.25) is 0 Å². The van der Waals surface area contributed by atoms with E-state index in [1.54, 1.807) is 4.90 Å². The normalized spacial score (nSPS) is 15.0. The van der Waals surface area contributed by atoms with Crippen LogP contribution in [-0.2, 0) is 16.1 Å². The molecule has 1 atom stereocenters. The molecule has 0 aliphatic carbocycles. The standard InChI is InChI=1S/C21H23NO3/c1-14(20(24)25-21(2,3)4)15-9-11-17(12-10-15)22-13-16-7-5-6-8-18(16)19(22)23/h5-12,14H,13H2,1-4H3. The van der Waals surface area contributed by atoms with Gasteiger partial charge in [-0.1, -0.05) is 30.3 Å². The number of benzene rings is 2. The predicted molar refractivity (Wildman–Crippen MR) is 97.7 cm³/mol. The van der Waals surface area contributed by atoms with Crippen molar-refractivity contribution in [1.82, 2.24) is 0 Å². The van der Waals surface area contributed by atoms with Gasteiger partial charge in [-0.25, -0.2) is 0 Å². The number of esters is 1. The van der Waals surface area contributed by atoms with E-state index in [2.05, 4.69) is 0 Å². The molecule has 2 aromatic rings. The Kier molecular flexibility index (Phi) is 4.38. The summed E-state index contributed by atoms with van der Waals surface area (Å²) in [6, 6.07) is 15.2. The lowest BCUT2D eigenvalue weighted by molar-refractivity contribution is -0.156. The first kappa shape index (κ1) is 17.2. The second-order valence-electron chi connectivity index (χ2n) is 7.40. The first-order chi connectivity index (χ1) is 11.8. The fraction of sp³-hybridized carbons (Fsp3) is 0.333. The first-order valence-corrected chi connectivity index (χ1v) is 8.49. The highest BCUT2D eigenvalue weighted by Gasteiger charge is 2.28. The summed E-state index contributed by atoms with van der Waals surface area (Å²) in [4.78, 5) is 26.5. The summed E-state index contributed by atoms with van der Waals surface area (Å²) in [7, 11) is 0. The van der Waals surface area contributed by atoms with Gasteiger partial charge in [0.2, 0.25) is 0 Å². The Balaban J connectivity index is 1.75. The Morgan fingerprint density at radius 3 is 2.32 bits per heavy atom. The lowest BCUT2D eigenvalue weighted by Crippen LogP contribution is -2.27. The average Bonchev–Trinajstić information content (AvgIpc) is 2.90. The zero-order valence-electron chi connectivity index (χ0n) is 15.1. The Labute approximate surface area is 148 Å². The largest absolute Gasteiger partial charge is 0.460 e. The molecule has 0 radical (unpaired) electrons. The number of carbonyl (C=O) groups is 2. The Bertz CT molecular complexity index is 803. The van der Waals surface area contributed by atoms with E-state index in [-0.39, 0.29) is 17.8 Å². The van der Waals surface area contributed by atoms with Crippen LogP contribution >= 0.6 is 0 Å². The van der Waals surface area contributed by atoms with E-state index in [1.165, 1.54) is 0 Å². The molecule has 0 aromatic heterocycles. The molecule has 1 amide bonds. The minimum Gasteiger partial charge on any atom is -0.460 e. The Hall–Kier alpha value is -2.62. The molecule has 0 N–H and O–H groups in total. The summed E-state index contributed by atoms with van der Waals surface area (Å²) >= 11 is 0. The summed E-state index contributed by atoms with van der Waals surface area (Å²) in [5.74, 6) is -0.576. The maximum atomic E-state index is 12.5. The van der Waals surface area contributed by atoms with Crippen LogP contribution in [0.5, 0.6) is 0 Å². The third kappa shape index (κ3) is 3.58. The van der Waals surface area contributed by atoms with Crippen LogP contribution in [0.3, 0.4) is 0 Å². The molecular formula is C21H23NO3. The number of hydrogen-bond donors (Lipinski definition) is 0. The smallest absolute Gasteiger partial charge is 0.313 e. The van der Waals surface area contributed by atoms with Gasteiger partial charge in [0.25, 0.3) is 5.91 Å². The maximum absolute atomic E-state index is 12.5. The van der Waals surface area contributed by atoms with Gasteiger partial charge in [-0.05, 0) is 57.0 Å². The van der Waals surface area contributed by atoms with Crippen molar-refractivity contribution >= 4 is 17.6 Å². The van der Waals surface area contributed by atoms with Crippen molar-refractivity contribution < 1.29 is 14.3 Å². The lowest BCUT2D eigenvalue weighted by atomic mass is 10.0. The average molecular weight is 337 g/mol. The fourth-order valence-electron chi connectivity index (χ4n) is 2.93. The summed E-state index contributed by atoms with van der Waals surface area (Å²) in [6.07, 6.45) is 0. The zero-order valence-corrected chi connectivity index (χ0v) is 15.1. The molecule has 3 rings (SSSR count). The Morgan fingerprint density at radius 1 is 1.08 bits per heavy atom. The minimum atomic E-state index is -0.501. The molecule has 1 aliphatic heterocycles. The van der Waals surface area contributed by atoms with Crippen LogP contribution in [0.4, 0.5) is 5.69 Å². The van der Waals surface area contributed by atoms with Gasteiger partial charge in [-0.15, -0.1) is 0 Å². The van der Waals surface area contributed by atoms with E-state index in [0.717, 1.165) is 22.4 Å². The molecule has 4 heteroatoms. The highest BCUT2D eigenvalue weighted by Crippen LogP contribution is 2.29. The number of anilines is 1. The number of amides is 1. The van der Waals surface area contributed by atoms with Crippen LogP contribution in [0.15, 0.2) is 48.5 Å². The van der Waals surface area contributed by atoms with E-state index in [1.807, 2.05) is 76.2 Å². The number of ether oxygens (including phenoxy) is 1. The molecule has 0 saturated carbocycles. The second-order valence-corrected chi connectivity index (χ2v) is 7.40. The monoisotopic (exact) mass is 337 g/mol. The van der Waals surface area contributed by atoms with Gasteiger partial charge in [0.05, 0.1) is 12.5 Å². The number of hydrogen-bond acceptors (Lipinski definition) is 3. The number of nitrogens with zero attached hydrogens (tertiary/aromatic N) is 1. The van der Waals surface area contributed by atoms with Crippen LogP contribution in [0.25, 0.3) is 0 Å². The second kappa shape index (κ2) is 6.36. The molecular weight excluding hydrogens is 314 g/mol. The predicted octanol–water partition coefficient (Wildman–Crippen LogP) is 4.29. The lowest BCUT2D eigenvalue weighted by Gasteiger charge is -2.23. The molecule has 1 aliphatic rings. The maximum Gasteiger partial charge on any atom is 0.313 e. The summed E-state index contributed by atoms with van der Waals surface area (Å²) in [6.45, 7) is 7.99. The molecule has 0 bridgehead atoms. The van der Waals surface area contributed by atoms with Gasteiger partial charge in [0, 0.05) is 11.3 Å². The van der Waals surface area contributed by atoms with Gasteiger partial charge >= 0.3 is 5.97 Å². The van der Waals surface area contributed by atoms with Crippen LogP contribution in [0.1, 0.15) is 55.1 Å². The quantitative estimate of drug-likeness (QED) is 0.785. The molecule has 0 saturated heterocycles. The van der Waals surface area contributed by atoms with Crippen molar-refractivity contribution in [2.24, 2.45) is 0 Å². The summed E-state index contributed by atoms with van der Waals surface area (Å²) in [5, 5.41) is 0. The van der Waals surface area contributed by atoms with E-state index in [4.69, 9.17) is 4.74 Å². The highest BCUT2D eigenvalue weighted by molar-refractivity contribution is 6.09. The third-order valence-corrected chi connectivity index (χ3v) is 4.29. The number of fused-ring (bicyclic) bond motifs is 1. The summed E-state index contributed by atoms with van der Waals surface area (Å²) in [5.41, 5.74) is 3.01. The van der Waals surface area contributed by atoms with Gasteiger partial charge in [-0.2, -0.15) is 0 Å². The van der Waals surface area contributed by atoms with E-state index in [0.29, 0.717) is 6.54 Å². The topological polar surface area (TPSA) is 46.6 Å². The van der Waals surface area contributed by atoms with Gasteiger partial charge in [-0.3, -0.25) is 9.59 Å². The van der Waals surface area contributed by atoms with Gasteiger partial charge in [0.15, 0.2) is 0 Å². The van der Waals surface area contributed by atoms with E-state index in [9.17, 15) is 9.59 Å². The van der Waals surface area contributed by atoms with Crippen molar-refractivity contribution in [1.29, 1.82) is 0 Å². The van der Waals surface area contributed by atoms with Crippen LogP contribution in [-0.4, -0.2) is 17.5 Å². The first-order valence-electron chi connectivity index (χ1n) is 8.49. The van der Waals surface area contributed by atoms with Crippen molar-refractivity contribution in [3.05, 3.63) is 65.2 Å². The van der Waals surface area contributed by atoms with Crippen LogP contribution < -0.4 is 4.90 Å². The van der Waals surface area contributed by atoms with Crippen LogP contribution in [0, 0.1) is 0 Å². The molecule has 1 heterocycles. The van der Waals surface area contributed by atoms with Gasteiger partial charge < -0.3 is 9.64 Å². The molecule has 4 nitrogen and oxygen atoms in total. The van der Waals surface area contributed by atoms with E-state index < -0.39 is 5.60 Å². The van der Waals surface area contributed by atoms with Crippen molar-refractivity contribution in [3.8, 4) is 0 Å². The third-order valence-electron chi connectivity index (χ3n) is 4.29. The Morgan fingerprint density at radius 2 is 1.72 bits per heavy atom. The van der Waals surface area contributed by atoms with Gasteiger partial charge in [0.1, 0.15) is 5.60 Å². The highest BCUT2D eigenvalue weighted by atomic mass is 16.6. The molecule has 0 spiro atoms. The van der Waals surface area contributed by atoms with E-state index >= 15 is 0 Å². The molecule has 2 aromatic carbocycles. The number of carbonyl (C=O) groups excluding carboxylic acids is 2. The van der Waals surface area contributed by atoms with Crippen molar-refractivity contribution in [2.75, 3.05) is 4.90 Å². The fourth-order valence-corrected chi connectivity index (χ4v) is 2.93. The molecule has 25 heavy (non-hydrogen) atoms. The number of rotatable bonds is 3. The summed E-state index contributed by atoms with van der Waals surface area (Å²) < 4.78 is 5.44. The molecule has 0 fully saturated rings.